The number of carbonyl (C=O) groups is 3. The molecule has 2 rings (SSSR count). The minimum Gasteiger partial charge on any atom is -0.466 e. The Morgan fingerprint density at radius 3 is 2.44 bits per heavy atom. The lowest BCUT2D eigenvalue weighted by molar-refractivity contribution is -0.140. The van der Waals surface area contributed by atoms with E-state index in [4.69, 9.17) is 25.8 Å². The van der Waals surface area contributed by atoms with Gasteiger partial charge >= 0.3 is 11.9 Å². The molecule has 0 radical (unpaired) electrons. The van der Waals surface area contributed by atoms with Gasteiger partial charge in [0.25, 0.3) is 0 Å². The quantitative estimate of drug-likeness (QED) is 0.763. The first-order valence-corrected chi connectivity index (χ1v) is 8.53. The van der Waals surface area contributed by atoms with E-state index in [1.165, 1.54) is 19.1 Å². The monoisotopic (exact) mass is 396 g/mol. The van der Waals surface area contributed by atoms with Crippen molar-refractivity contribution in [1.29, 1.82) is 0 Å². The van der Waals surface area contributed by atoms with Gasteiger partial charge in [-0.3, -0.25) is 4.79 Å². The van der Waals surface area contributed by atoms with E-state index < -0.39 is 11.9 Å². The Kier molecular flexibility index (Phi) is 6.81. The summed E-state index contributed by atoms with van der Waals surface area (Å²) in [6, 6.07) is 4.81. The number of nitrogens with one attached hydrogen (secondary N) is 1. The number of halogens is 1. The first-order valence-electron chi connectivity index (χ1n) is 8.15. The second-order valence-electron chi connectivity index (χ2n) is 6.03. The van der Waals surface area contributed by atoms with E-state index in [9.17, 15) is 14.4 Å². The Morgan fingerprint density at radius 1 is 1.19 bits per heavy atom. The van der Waals surface area contributed by atoms with Gasteiger partial charge in [-0.15, -0.1) is 0 Å². The molecule has 0 spiro atoms. The molecule has 1 N–H and O–H groups in total. The van der Waals surface area contributed by atoms with Gasteiger partial charge in [-0.25, -0.2) is 9.59 Å². The molecule has 8 nitrogen and oxygen atoms in total. The van der Waals surface area contributed by atoms with Crippen molar-refractivity contribution >= 4 is 40.8 Å². The van der Waals surface area contributed by atoms with Crippen LogP contribution >= 0.6 is 11.6 Å². The zero-order valence-corrected chi connectivity index (χ0v) is 16.3. The van der Waals surface area contributed by atoms with Crippen LogP contribution in [0.3, 0.4) is 0 Å². The maximum atomic E-state index is 12.3. The minimum atomic E-state index is -0.730. The number of esters is 2. The van der Waals surface area contributed by atoms with Crippen LogP contribution in [0.2, 0.25) is 5.02 Å². The Hall–Kier alpha value is -2.58. The van der Waals surface area contributed by atoms with Gasteiger partial charge in [0.1, 0.15) is 12.4 Å². The molecule has 27 heavy (non-hydrogen) atoms. The molecule has 1 amide bonds. The molecule has 0 atom stereocenters. The van der Waals surface area contributed by atoms with Gasteiger partial charge in [0, 0.05) is 11.6 Å². The molecule has 9 heteroatoms. The van der Waals surface area contributed by atoms with Crippen molar-refractivity contribution in [2.24, 2.45) is 5.92 Å². The molecular weight excluding hydrogens is 376 g/mol. The number of anilines is 2. The van der Waals surface area contributed by atoms with Crippen LogP contribution < -0.4 is 10.2 Å². The molecule has 0 unspecified atom stereocenters. The van der Waals surface area contributed by atoms with Crippen molar-refractivity contribution in [1.82, 2.24) is 0 Å². The van der Waals surface area contributed by atoms with Crippen molar-refractivity contribution in [2.75, 3.05) is 37.8 Å². The number of rotatable bonds is 5. The summed E-state index contributed by atoms with van der Waals surface area (Å²) < 4.78 is 15.0. The van der Waals surface area contributed by atoms with Gasteiger partial charge in [-0.05, 0) is 18.2 Å². The third-order valence-corrected chi connectivity index (χ3v) is 4.18. The lowest BCUT2D eigenvalue weighted by Crippen LogP contribution is -2.39. The predicted octanol–water partition coefficient (Wildman–Crippen LogP) is 2.33. The van der Waals surface area contributed by atoms with E-state index in [1.807, 2.05) is 0 Å². The highest BCUT2D eigenvalue weighted by Crippen LogP contribution is 2.34. The lowest BCUT2D eigenvalue weighted by atomic mass is 10.1. The molecule has 1 aromatic carbocycles. The maximum absolute atomic E-state index is 12.3. The highest BCUT2D eigenvalue weighted by Gasteiger charge is 2.33. The highest BCUT2D eigenvalue weighted by molar-refractivity contribution is 6.33. The van der Waals surface area contributed by atoms with Crippen LogP contribution in [0.25, 0.3) is 0 Å². The fourth-order valence-corrected chi connectivity index (χ4v) is 2.64. The zero-order valence-electron chi connectivity index (χ0n) is 15.5. The van der Waals surface area contributed by atoms with Gasteiger partial charge in [0.05, 0.1) is 37.1 Å². The molecule has 1 heterocycles. The summed E-state index contributed by atoms with van der Waals surface area (Å²) in [5.74, 6) is -1.82. The molecule has 1 aliphatic rings. The van der Waals surface area contributed by atoms with Gasteiger partial charge in [0.15, 0.2) is 0 Å². The van der Waals surface area contributed by atoms with Gasteiger partial charge in [0.2, 0.25) is 5.91 Å². The smallest absolute Gasteiger partial charge is 0.355 e. The lowest BCUT2D eigenvalue weighted by Gasteiger charge is -2.32. The van der Waals surface area contributed by atoms with Crippen molar-refractivity contribution in [3.8, 4) is 0 Å². The number of ether oxygens (including phenoxy) is 3. The highest BCUT2D eigenvalue weighted by atomic mass is 35.5. The van der Waals surface area contributed by atoms with E-state index in [0.29, 0.717) is 16.4 Å². The molecule has 1 aliphatic heterocycles. The Bertz CT molecular complexity index is 790. The molecule has 0 bridgehead atoms. The minimum absolute atomic E-state index is 0.0169. The first-order chi connectivity index (χ1) is 12.8. The average molecular weight is 397 g/mol. The normalized spacial score (nSPS) is 14.2. The summed E-state index contributed by atoms with van der Waals surface area (Å²) in [5.41, 5.74) is 0.857. The van der Waals surface area contributed by atoms with E-state index in [-0.39, 0.29) is 36.4 Å². The van der Waals surface area contributed by atoms with Crippen molar-refractivity contribution in [3.05, 3.63) is 34.5 Å². The number of amides is 1. The third kappa shape index (κ3) is 4.58. The molecule has 1 aromatic rings. The van der Waals surface area contributed by atoms with Gasteiger partial charge in [-0.2, -0.15) is 0 Å². The molecule has 0 aliphatic carbocycles. The summed E-state index contributed by atoms with van der Waals surface area (Å²) in [6.07, 6.45) is 0. The van der Waals surface area contributed by atoms with Crippen LogP contribution in [0, 0.1) is 5.92 Å². The standard InChI is InChI=1S/C18H21ClN2O6/c1-10(2)16(22)20-11-5-6-13(19)14(7-11)21-9-27-8-12(17(23)25-3)15(21)18(24)26-4/h5-7,10H,8-9H2,1-4H3,(H,20,22). The van der Waals surface area contributed by atoms with Crippen molar-refractivity contribution < 1.29 is 28.6 Å². The molecule has 0 aromatic heterocycles. The number of hydrogen-bond donors (Lipinski definition) is 1. The van der Waals surface area contributed by atoms with E-state index >= 15 is 0 Å². The maximum Gasteiger partial charge on any atom is 0.355 e. The molecular formula is C18H21ClN2O6. The molecule has 146 valence electrons. The summed E-state index contributed by atoms with van der Waals surface area (Å²) >= 11 is 6.30. The van der Waals surface area contributed by atoms with Crippen LogP contribution in [0.4, 0.5) is 11.4 Å². The number of methoxy groups -OCH3 is 2. The van der Waals surface area contributed by atoms with E-state index in [1.54, 1.807) is 32.0 Å². The topological polar surface area (TPSA) is 94.2 Å². The van der Waals surface area contributed by atoms with E-state index in [0.717, 1.165) is 0 Å². The third-order valence-electron chi connectivity index (χ3n) is 3.86. The Labute approximate surface area is 162 Å². The van der Waals surface area contributed by atoms with Crippen LogP contribution in [0.5, 0.6) is 0 Å². The first kappa shape index (κ1) is 20.7. The largest absolute Gasteiger partial charge is 0.466 e. The second kappa shape index (κ2) is 8.88. The fraction of sp³-hybridized carbons (Fsp3) is 0.389. The van der Waals surface area contributed by atoms with Crippen LogP contribution in [-0.2, 0) is 28.6 Å². The Balaban J connectivity index is 2.52. The SMILES string of the molecule is COC(=O)C1=C(C(=O)OC)N(c2cc(NC(=O)C(C)C)ccc2Cl)COC1. The molecule has 0 saturated heterocycles. The number of hydrogen-bond acceptors (Lipinski definition) is 7. The fourth-order valence-electron chi connectivity index (χ4n) is 2.42. The van der Waals surface area contributed by atoms with Crippen LogP contribution in [0.1, 0.15) is 13.8 Å². The predicted molar refractivity (Wildman–Crippen MR) is 99.3 cm³/mol. The number of carbonyl (C=O) groups excluding carboxylic acids is 3. The number of benzene rings is 1. The van der Waals surface area contributed by atoms with Crippen molar-refractivity contribution in [2.45, 2.75) is 13.8 Å². The van der Waals surface area contributed by atoms with Gasteiger partial charge in [-0.1, -0.05) is 25.4 Å². The van der Waals surface area contributed by atoms with Crippen LogP contribution in [0.15, 0.2) is 29.5 Å². The molecule has 0 fully saturated rings. The summed E-state index contributed by atoms with van der Waals surface area (Å²) in [6.45, 7) is 3.40. The van der Waals surface area contributed by atoms with Gasteiger partial charge < -0.3 is 24.4 Å². The summed E-state index contributed by atoms with van der Waals surface area (Å²) in [5, 5.41) is 3.06. The molecule has 0 saturated carbocycles. The Morgan fingerprint density at radius 2 is 1.85 bits per heavy atom. The van der Waals surface area contributed by atoms with Crippen LogP contribution in [-0.4, -0.2) is 45.4 Å². The van der Waals surface area contributed by atoms with E-state index in [2.05, 4.69) is 5.32 Å². The summed E-state index contributed by atoms with van der Waals surface area (Å²) in [7, 11) is 2.41. The van der Waals surface area contributed by atoms with Crippen molar-refractivity contribution in [3.63, 3.8) is 0 Å². The average Bonchev–Trinajstić information content (AvgIpc) is 2.67. The second-order valence-corrected chi connectivity index (χ2v) is 6.43. The summed E-state index contributed by atoms with van der Waals surface area (Å²) in [4.78, 5) is 37.8. The zero-order chi connectivity index (χ0) is 20.1. The number of nitrogens with zero attached hydrogens (tertiary/aromatic N) is 1.